The van der Waals surface area contributed by atoms with Gasteiger partial charge in [0.25, 0.3) is 0 Å². The Morgan fingerprint density at radius 2 is 2.12 bits per heavy atom. The maximum absolute atomic E-state index is 11.2. The van der Waals surface area contributed by atoms with Crippen LogP contribution in [0.3, 0.4) is 0 Å². The van der Waals surface area contributed by atoms with Crippen LogP contribution in [0, 0.1) is 0 Å². The fourth-order valence-corrected chi connectivity index (χ4v) is 2.23. The molecule has 16 heavy (non-hydrogen) atoms. The van der Waals surface area contributed by atoms with Crippen molar-refractivity contribution in [1.82, 2.24) is 4.98 Å². The number of hydrogen-bond acceptors (Lipinski definition) is 4. The fourth-order valence-electron chi connectivity index (χ4n) is 1.74. The van der Waals surface area contributed by atoms with Gasteiger partial charge in [-0.3, -0.25) is 4.98 Å². The minimum atomic E-state index is -3.66. The number of aromatic nitrogens is 1. The van der Waals surface area contributed by atoms with Gasteiger partial charge in [0.1, 0.15) is 4.90 Å². The molecule has 6 heteroatoms. The summed E-state index contributed by atoms with van der Waals surface area (Å²) in [6.07, 6.45) is 6.46. The van der Waals surface area contributed by atoms with Crippen LogP contribution in [0.15, 0.2) is 23.4 Å². The highest BCUT2D eigenvalue weighted by Crippen LogP contribution is 2.28. The molecule has 1 aromatic rings. The third kappa shape index (κ3) is 2.17. The Balaban J connectivity index is 2.28. The first-order valence-electron chi connectivity index (χ1n) is 5.19. The lowest BCUT2D eigenvalue weighted by atomic mass is 9.92. The molecule has 1 saturated carbocycles. The summed E-state index contributed by atoms with van der Waals surface area (Å²) in [6, 6.07) is 2.07. The molecule has 0 saturated heterocycles. The van der Waals surface area contributed by atoms with Crippen LogP contribution in [-0.2, 0) is 10.0 Å². The Hall–Kier alpha value is -1.14. The first-order valence-corrected chi connectivity index (χ1v) is 6.74. The maximum Gasteiger partial charge on any atom is 0.239 e. The molecule has 0 unspecified atom stereocenters. The molecule has 0 aromatic carbocycles. The van der Waals surface area contributed by atoms with Crippen molar-refractivity contribution in [3.05, 3.63) is 18.5 Å². The van der Waals surface area contributed by atoms with Crippen molar-refractivity contribution >= 4 is 15.7 Å². The van der Waals surface area contributed by atoms with E-state index in [1.165, 1.54) is 12.6 Å². The monoisotopic (exact) mass is 241 g/mol. The molecule has 1 heterocycles. The molecule has 5 nitrogen and oxygen atoms in total. The zero-order valence-corrected chi connectivity index (χ0v) is 9.94. The number of hydrogen-bond donors (Lipinski definition) is 1. The molecule has 0 spiro atoms. The number of nitrogens with zero attached hydrogens (tertiary/aromatic N) is 2. The SMILES string of the molecule is CN(c1cncc(S(N)(=O)=O)c1)C1CCC1. The number of rotatable bonds is 3. The number of primary sulfonamides is 1. The zero-order valence-electron chi connectivity index (χ0n) is 9.13. The van der Waals surface area contributed by atoms with Gasteiger partial charge in [0.2, 0.25) is 10.0 Å². The summed E-state index contributed by atoms with van der Waals surface area (Å²) in [5, 5.41) is 5.06. The molecule has 0 atom stereocenters. The summed E-state index contributed by atoms with van der Waals surface area (Å²) >= 11 is 0. The molecule has 1 aliphatic rings. The fraction of sp³-hybridized carbons (Fsp3) is 0.500. The largest absolute Gasteiger partial charge is 0.370 e. The first kappa shape index (κ1) is 11.3. The summed E-state index contributed by atoms with van der Waals surface area (Å²) in [5.74, 6) is 0. The van der Waals surface area contributed by atoms with Gasteiger partial charge in [-0.2, -0.15) is 0 Å². The van der Waals surface area contributed by atoms with Gasteiger partial charge >= 0.3 is 0 Å². The predicted octanol–water partition coefficient (Wildman–Crippen LogP) is 0.718. The number of nitrogens with two attached hydrogens (primary N) is 1. The second kappa shape index (κ2) is 4.03. The molecule has 2 rings (SSSR count). The molecule has 2 N–H and O–H groups in total. The first-order chi connectivity index (χ1) is 7.48. The van der Waals surface area contributed by atoms with E-state index in [2.05, 4.69) is 9.88 Å². The Bertz CT molecular complexity index is 483. The van der Waals surface area contributed by atoms with Crippen LogP contribution >= 0.6 is 0 Å². The summed E-state index contributed by atoms with van der Waals surface area (Å²) in [7, 11) is -1.71. The summed E-state index contributed by atoms with van der Waals surface area (Å²) < 4.78 is 22.4. The van der Waals surface area contributed by atoms with E-state index in [-0.39, 0.29) is 4.90 Å². The van der Waals surface area contributed by atoms with Gasteiger partial charge in [-0.15, -0.1) is 0 Å². The van der Waals surface area contributed by atoms with Crippen molar-refractivity contribution in [3.8, 4) is 0 Å². The molecule has 0 aliphatic heterocycles. The lowest BCUT2D eigenvalue weighted by molar-refractivity contribution is 0.401. The highest BCUT2D eigenvalue weighted by atomic mass is 32.2. The molecule has 1 aromatic heterocycles. The van der Waals surface area contributed by atoms with E-state index in [0.29, 0.717) is 6.04 Å². The van der Waals surface area contributed by atoms with E-state index in [4.69, 9.17) is 5.14 Å². The van der Waals surface area contributed by atoms with Gasteiger partial charge in [0, 0.05) is 19.3 Å². The molecular formula is C10H15N3O2S. The Kier molecular flexibility index (Phi) is 2.86. The third-order valence-corrected chi connectivity index (χ3v) is 3.94. The van der Waals surface area contributed by atoms with Crippen LogP contribution in [0.1, 0.15) is 19.3 Å². The molecule has 0 amide bonds. The van der Waals surface area contributed by atoms with E-state index in [1.807, 2.05) is 7.05 Å². The van der Waals surface area contributed by atoms with Gasteiger partial charge in [0.15, 0.2) is 0 Å². The van der Waals surface area contributed by atoms with Crippen molar-refractivity contribution in [2.75, 3.05) is 11.9 Å². The van der Waals surface area contributed by atoms with Gasteiger partial charge < -0.3 is 4.90 Å². The number of anilines is 1. The normalized spacial score (nSPS) is 16.9. The average Bonchev–Trinajstić information content (AvgIpc) is 2.14. The van der Waals surface area contributed by atoms with Crippen molar-refractivity contribution in [1.29, 1.82) is 0 Å². The van der Waals surface area contributed by atoms with Crippen molar-refractivity contribution in [2.24, 2.45) is 5.14 Å². The molecule has 88 valence electrons. The average molecular weight is 241 g/mol. The molecule has 1 aliphatic carbocycles. The van der Waals surface area contributed by atoms with Crippen LogP contribution in [0.25, 0.3) is 0 Å². The van der Waals surface area contributed by atoms with Crippen LogP contribution < -0.4 is 10.0 Å². The van der Waals surface area contributed by atoms with Crippen LogP contribution in [-0.4, -0.2) is 26.5 Å². The van der Waals surface area contributed by atoms with Crippen LogP contribution in [0.2, 0.25) is 0 Å². The van der Waals surface area contributed by atoms with Gasteiger partial charge in [-0.1, -0.05) is 0 Å². The Labute approximate surface area is 95.3 Å². The number of pyridine rings is 1. The topological polar surface area (TPSA) is 76.3 Å². The highest BCUT2D eigenvalue weighted by molar-refractivity contribution is 7.89. The van der Waals surface area contributed by atoms with Crippen molar-refractivity contribution in [2.45, 2.75) is 30.2 Å². The van der Waals surface area contributed by atoms with Gasteiger partial charge in [0.05, 0.1) is 11.9 Å². The summed E-state index contributed by atoms with van der Waals surface area (Å²) in [5.41, 5.74) is 0.802. The smallest absolute Gasteiger partial charge is 0.239 e. The van der Waals surface area contributed by atoms with Crippen molar-refractivity contribution in [3.63, 3.8) is 0 Å². The maximum atomic E-state index is 11.2. The van der Waals surface area contributed by atoms with E-state index in [0.717, 1.165) is 18.5 Å². The Morgan fingerprint density at radius 1 is 1.44 bits per heavy atom. The van der Waals surface area contributed by atoms with Gasteiger partial charge in [-0.25, -0.2) is 13.6 Å². The number of sulfonamides is 1. The van der Waals surface area contributed by atoms with Crippen LogP contribution in [0.5, 0.6) is 0 Å². The van der Waals surface area contributed by atoms with Gasteiger partial charge in [-0.05, 0) is 25.3 Å². The van der Waals surface area contributed by atoms with Crippen molar-refractivity contribution < 1.29 is 8.42 Å². The second-order valence-corrected chi connectivity index (χ2v) is 5.68. The quantitative estimate of drug-likeness (QED) is 0.846. The minimum absolute atomic E-state index is 0.0659. The molecule has 0 bridgehead atoms. The van der Waals surface area contributed by atoms with E-state index >= 15 is 0 Å². The lowest BCUT2D eigenvalue weighted by Crippen LogP contribution is -2.37. The van der Waals surface area contributed by atoms with E-state index in [1.54, 1.807) is 12.3 Å². The predicted molar refractivity (Wildman–Crippen MR) is 61.7 cm³/mol. The Morgan fingerprint density at radius 3 is 2.62 bits per heavy atom. The molecular weight excluding hydrogens is 226 g/mol. The van der Waals surface area contributed by atoms with E-state index in [9.17, 15) is 8.42 Å². The van der Waals surface area contributed by atoms with E-state index < -0.39 is 10.0 Å². The molecule has 1 fully saturated rings. The standard InChI is InChI=1S/C10H15N3O2S/c1-13(8-3-2-4-8)9-5-10(7-12-6-9)16(11,14)15/h5-8H,2-4H2,1H3,(H2,11,14,15). The third-order valence-electron chi connectivity index (χ3n) is 3.06. The van der Waals surface area contributed by atoms with Crippen LogP contribution in [0.4, 0.5) is 5.69 Å². The molecule has 0 radical (unpaired) electrons. The highest BCUT2D eigenvalue weighted by Gasteiger charge is 2.23. The minimum Gasteiger partial charge on any atom is -0.370 e. The summed E-state index contributed by atoms with van der Waals surface area (Å²) in [6.45, 7) is 0. The lowest BCUT2D eigenvalue weighted by Gasteiger charge is -2.36. The second-order valence-electron chi connectivity index (χ2n) is 4.12. The summed E-state index contributed by atoms with van der Waals surface area (Å²) in [4.78, 5) is 6.04. The zero-order chi connectivity index (χ0) is 11.8.